The number of hydrogen-bond acceptors (Lipinski definition) is 4. The number of aryl methyl sites for hydroxylation is 2. The smallest absolute Gasteiger partial charge is 0.187 e. The van der Waals surface area contributed by atoms with Crippen LogP contribution in [0.3, 0.4) is 0 Å². The van der Waals surface area contributed by atoms with Crippen LogP contribution >= 0.6 is 0 Å². The number of carbonyl (C=O) groups excluding carboxylic acids is 1. The summed E-state index contributed by atoms with van der Waals surface area (Å²) < 4.78 is 5.32. The predicted molar refractivity (Wildman–Crippen MR) is 65.1 cm³/mol. The molecule has 0 N–H and O–H groups in total. The molecule has 1 atom stereocenters. The molecule has 0 bridgehead atoms. The van der Waals surface area contributed by atoms with Gasteiger partial charge in [0, 0.05) is 12.4 Å². The van der Waals surface area contributed by atoms with Gasteiger partial charge in [0.15, 0.2) is 5.78 Å². The molecule has 18 heavy (non-hydrogen) atoms. The van der Waals surface area contributed by atoms with E-state index < -0.39 is 5.92 Å². The summed E-state index contributed by atoms with van der Waals surface area (Å²) in [6, 6.07) is 7.05. The van der Waals surface area contributed by atoms with Crippen molar-refractivity contribution in [3.63, 3.8) is 0 Å². The van der Waals surface area contributed by atoms with Gasteiger partial charge in [-0.15, -0.1) is 0 Å². The maximum Gasteiger partial charge on any atom is 0.187 e. The highest BCUT2D eigenvalue weighted by Gasteiger charge is 2.24. The fourth-order valence-electron chi connectivity index (χ4n) is 1.87. The Hall–Kier alpha value is -2.41. The van der Waals surface area contributed by atoms with Gasteiger partial charge < -0.3 is 4.42 Å². The lowest BCUT2D eigenvalue weighted by Gasteiger charge is -2.06. The summed E-state index contributed by atoms with van der Waals surface area (Å²) in [5.74, 6) is 0.163. The molecule has 0 saturated heterocycles. The fraction of sp³-hybridized carbons (Fsp3) is 0.214. The quantitative estimate of drug-likeness (QED) is 0.773. The van der Waals surface area contributed by atoms with E-state index in [0.717, 1.165) is 0 Å². The third-order valence-corrected chi connectivity index (χ3v) is 2.74. The van der Waals surface area contributed by atoms with Crippen molar-refractivity contribution in [1.29, 1.82) is 5.26 Å². The zero-order chi connectivity index (χ0) is 13.1. The van der Waals surface area contributed by atoms with Crippen molar-refractivity contribution < 1.29 is 9.21 Å². The molecule has 0 aliphatic rings. The third-order valence-electron chi connectivity index (χ3n) is 2.74. The average molecular weight is 240 g/mol. The molecule has 2 rings (SSSR count). The van der Waals surface area contributed by atoms with Gasteiger partial charge in [-0.05, 0) is 37.6 Å². The Morgan fingerprint density at radius 3 is 2.56 bits per heavy atom. The fourth-order valence-corrected chi connectivity index (χ4v) is 1.87. The van der Waals surface area contributed by atoms with Gasteiger partial charge >= 0.3 is 0 Å². The number of nitriles is 1. The van der Waals surface area contributed by atoms with Crippen LogP contribution in [0, 0.1) is 25.2 Å². The summed E-state index contributed by atoms with van der Waals surface area (Å²) in [4.78, 5) is 16.2. The van der Waals surface area contributed by atoms with Gasteiger partial charge in [-0.2, -0.15) is 5.26 Å². The van der Waals surface area contributed by atoms with Crippen molar-refractivity contribution in [3.8, 4) is 6.07 Å². The lowest BCUT2D eigenvalue weighted by molar-refractivity contribution is 0.0977. The van der Waals surface area contributed by atoms with Crippen LogP contribution in [-0.4, -0.2) is 10.8 Å². The molecule has 0 spiro atoms. The number of ketones is 1. The minimum atomic E-state index is -0.816. The normalized spacial score (nSPS) is 11.8. The van der Waals surface area contributed by atoms with E-state index in [1.165, 1.54) is 0 Å². The van der Waals surface area contributed by atoms with Crippen molar-refractivity contribution in [2.75, 3.05) is 0 Å². The standard InChI is InChI=1S/C14H12N2O2/c1-9-7-12(10(2)18-9)14(17)13(8-15)11-3-5-16-6-4-11/h3-7,13H,1-2H3. The van der Waals surface area contributed by atoms with E-state index in [2.05, 4.69) is 4.98 Å². The summed E-state index contributed by atoms with van der Waals surface area (Å²) in [5, 5.41) is 9.19. The van der Waals surface area contributed by atoms with E-state index in [0.29, 0.717) is 22.6 Å². The number of hydrogen-bond donors (Lipinski definition) is 0. The van der Waals surface area contributed by atoms with Crippen LogP contribution in [0.2, 0.25) is 0 Å². The number of carbonyl (C=O) groups is 1. The molecule has 2 aromatic rings. The Labute approximate surface area is 105 Å². The zero-order valence-corrected chi connectivity index (χ0v) is 10.2. The van der Waals surface area contributed by atoms with E-state index in [1.54, 1.807) is 44.4 Å². The van der Waals surface area contributed by atoms with E-state index in [4.69, 9.17) is 4.42 Å². The molecule has 0 fully saturated rings. The maximum atomic E-state index is 12.3. The van der Waals surface area contributed by atoms with E-state index >= 15 is 0 Å². The Morgan fingerprint density at radius 2 is 2.06 bits per heavy atom. The zero-order valence-electron chi connectivity index (χ0n) is 10.2. The van der Waals surface area contributed by atoms with Crippen molar-refractivity contribution >= 4 is 5.78 Å². The molecule has 0 aliphatic carbocycles. The van der Waals surface area contributed by atoms with Crippen LogP contribution < -0.4 is 0 Å². The first-order valence-corrected chi connectivity index (χ1v) is 5.54. The van der Waals surface area contributed by atoms with Gasteiger partial charge in [0.25, 0.3) is 0 Å². The second-order valence-electron chi connectivity index (χ2n) is 4.03. The highest BCUT2D eigenvalue weighted by molar-refractivity contribution is 6.03. The first kappa shape index (κ1) is 12.1. The third kappa shape index (κ3) is 2.16. The van der Waals surface area contributed by atoms with E-state index in [-0.39, 0.29) is 5.78 Å². The van der Waals surface area contributed by atoms with Gasteiger partial charge in [-0.3, -0.25) is 9.78 Å². The number of nitrogens with zero attached hydrogens (tertiary/aromatic N) is 2. The second kappa shape index (κ2) is 4.84. The molecule has 1 unspecified atom stereocenters. The first-order chi connectivity index (χ1) is 8.63. The van der Waals surface area contributed by atoms with Crippen molar-refractivity contribution in [2.24, 2.45) is 0 Å². The van der Waals surface area contributed by atoms with Crippen LogP contribution in [0.15, 0.2) is 35.0 Å². The van der Waals surface area contributed by atoms with Crippen LogP contribution in [-0.2, 0) is 0 Å². The van der Waals surface area contributed by atoms with E-state index in [9.17, 15) is 10.1 Å². The van der Waals surface area contributed by atoms with Crippen molar-refractivity contribution in [1.82, 2.24) is 4.98 Å². The molecule has 4 nitrogen and oxygen atoms in total. The molecule has 0 radical (unpaired) electrons. The molecule has 0 amide bonds. The molecule has 0 aromatic carbocycles. The van der Waals surface area contributed by atoms with Crippen molar-refractivity contribution in [2.45, 2.75) is 19.8 Å². The monoisotopic (exact) mass is 240 g/mol. The van der Waals surface area contributed by atoms with Crippen LogP contribution in [0.1, 0.15) is 33.4 Å². The average Bonchev–Trinajstić information content (AvgIpc) is 2.70. The first-order valence-electron chi connectivity index (χ1n) is 5.54. The molecule has 2 heterocycles. The molecule has 4 heteroatoms. The van der Waals surface area contributed by atoms with Gasteiger partial charge in [-0.1, -0.05) is 0 Å². The summed E-state index contributed by atoms with van der Waals surface area (Å²) >= 11 is 0. The number of Topliss-reactive ketones (excluding diaryl/α,β-unsaturated/α-hetero) is 1. The van der Waals surface area contributed by atoms with Crippen molar-refractivity contribution in [3.05, 3.63) is 53.2 Å². The molecule has 90 valence electrons. The predicted octanol–water partition coefficient (Wildman–Crippen LogP) is 2.78. The van der Waals surface area contributed by atoms with Gasteiger partial charge in [0.1, 0.15) is 17.4 Å². The molecule has 2 aromatic heterocycles. The highest BCUT2D eigenvalue weighted by atomic mass is 16.3. The number of pyridine rings is 1. The molecule has 0 aliphatic heterocycles. The topological polar surface area (TPSA) is 66.9 Å². The van der Waals surface area contributed by atoms with Gasteiger partial charge in [0.05, 0.1) is 11.6 Å². The summed E-state index contributed by atoms with van der Waals surface area (Å²) in [7, 11) is 0. The number of rotatable bonds is 3. The lowest BCUT2D eigenvalue weighted by atomic mass is 9.93. The number of aromatic nitrogens is 1. The Morgan fingerprint density at radius 1 is 1.39 bits per heavy atom. The van der Waals surface area contributed by atoms with Gasteiger partial charge in [0.2, 0.25) is 0 Å². The molecule has 0 saturated carbocycles. The second-order valence-corrected chi connectivity index (χ2v) is 4.03. The lowest BCUT2D eigenvalue weighted by Crippen LogP contribution is -2.11. The van der Waals surface area contributed by atoms with Crippen LogP contribution in [0.25, 0.3) is 0 Å². The SMILES string of the molecule is Cc1cc(C(=O)C(C#N)c2ccncc2)c(C)o1. The van der Waals surface area contributed by atoms with Crippen LogP contribution in [0.4, 0.5) is 0 Å². The summed E-state index contributed by atoms with van der Waals surface area (Å²) in [6.07, 6.45) is 3.14. The minimum Gasteiger partial charge on any atom is -0.466 e. The van der Waals surface area contributed by atoms with Gasteiger partial charge in [-0.25, -0.2) is 0 Å². The Balaban J connectivity index is 2.39. The minimum absolute atomic E-state index is 0.238. The largest absolute Gasteiger partial charge is 0.466 e. The molecular formula is C14H12N2O2. The van der Waals surface area contributed by atoms with E-state index in [1.807, 2.05) is 6.07 Å². The highest BCUT2D eigenvalue weighted by Crippen LogP contribution is 2.23. The summed E-state index contributed by atoms with van der Waals surface area (Å²) in [6.45, 7) is 3.50. The Kier molecular flexibility index (Phi) is 3.24. The number of furan rings is 1. The van der Waals surface area contributed by atoms with Crippen LogP contribution in [0.5, 0.6) is 0 Å². The Bertz CT molecular complexity index is 608. The maximum absolute atomic E-state index is 12.3. The molecular weight excluding hydrogens is 228 g/mol. The summed E-state index contributed by atoms with van der Waals surface area (Å²) in [5.41, 5.74) is 1.12.